The lowest BCUT2D eigenvalue weighted by Crippen LogP contribution is -2.29. The third-order valence-corrected chi connectivity index (χ3v) is 5.97. The van der Waals surface area contributed by atoms with Crippen LogP contribution in [0.15, 0.2) is 78.7 Å². The van der Waals surface area contributed by atoms with Crippen LogP contribution in [0.25, 0.3) is 16.8 Å². The van der Waals surface area contributed by atoms with Gasteiger partial charge in [-0.3, -0.25) is 19.0 Å². The first-order chi connectivity index (χ1) is 17.5. The third-order valence-electron chi connectivity index (χ3n) is 5.97. The quantitative estimate of drug-likeness (QED) is 0.288. The lowest BCUT2D eigenvalue weighted by atomic mass is 10.1. The van der Waals surface area contributed by atoms with Crippen LogP contribution in [0.5, 0.6) is 0 Å². The normalized spacial score (nSPS) is 16.0. The third kappa shape index (κ3) is 5.10. The monoisotopic (exact) mass is 483 g/mol. The van der Waals surface area contributed by atoms with Crippen molar-refractivity contribution in [1.29, 1.82) is 0 Å². The van der Waals surface area contributed by atoms with Crippen LogP contribution in [0.1, 0.15) is 42.0 Å². The van der Waals surface area contributed by atoms with E-state index in [1.807, 2.05) is 47.9 Å². The molecule has 1 aliphatic rings. The molecule has 0 unspecified atom stereocenters. The molecule has 36 heavy (non-hydrogen) atoms. The summed E-state index contributed by atoms with van der Waals surface area (Å²) in [5.74, 6) is 0.750. The molecule has 3 N–H and O–H groups in total. The van der Waals surface area contributed by atoms with E-state index in [9.17, 15) is 9.59 Å². The van der Waals surface area contributed by atoms with Crippen LogP contribution in [-0.2, 0) is 4.79 Å². The van der Waals surface area contributed by atoms with Gasteiger partial charge in [-0.25, -0.2) is 9.97 Å². The van der Waals surface area contributed by atoms with Crippen molar-refractivity contribution in [3.8, 4) is 11.3 Å². The van der Waals surface area contributed by atoms with Gasteiger partial charge in [0.2, 0.25) is 5.91 Å². The molecule has 1 aromatic carbocycles. The summed E-state index contributed by atoms with van der Waals surface area (Å²) in [5.41, 5.74) is 8.90. The molecular weight excluding hydrogens is 454 g/mol. The molecule has 3 aromatic rings. The summed E-state index contributed by atoms with van der Waals surface area (Å²) >= 11 is 0. The lowest BCUT2D eigenvalue weighted by molar-refractivity contribution is -0.127. The number of nitrogens with one attached hydrogen (secondary N) is 1. The van der Waals surface area contributed by atoms with E-state index in [1.54, 1.807) is 35.6 Å². The molecule has 9 nitrogen and oxygen atoms in total. The Hall–Kier alpha value is -4.53. The van der Waals surface area contributed by atoms with Crippen molar-refractivity contribution in [3.05, 3.63) is 85.1 Å². The highest BCUT2D eigenvalue weighted by molar-refractivity contribution is 5.96. The summed E-state index contributed by atoms with van der Waals surface area (Å²) in [6.07, 6.45) is 15.3. The molecule has 2 amide bonds. The molecule has 0 radical (unpaired) electrons. The average Bonchev–Trinajstić information content (AvgIpc) is 3.53. The Labute approximate surface area is 209 Å². The SMILES string of the molecule is C=CC(=O)N1CCC[C@H]1c1nc(-c2ccc(C(=O)NCC=N/C=C\C=C/C)cc2)c2c(N)nccn12. The molecule has 1 fully saturated rings. The minimum atomic E-state index is -0.202. The van der Waals surface area contributed by atoms with E-state index >= 15 is 0 Å². The van der Waals surface area contributed by atoms with Gasteiger partial charge >= 0.3 is 0 Å². The number of carbonyl (C=O) groups is 2. The topological polar surface area (TPSA) is 118 Å². The van der Waals surface area contributed by atoms with Crippen molar-refractivity contribution >= 4 is 29.4 Å². The Morgan fingerprint density at radius 3 is 2.83 bits per heavy atom. The highest BCUT2D eigenvalue weighted by atomic mass is 16.2. The standard InChI is InChI=1S/C27H29N7O2/c1-3-5-6-13-29-14-15-31-27(36)20-11-9-19(10-12-20)23-24-25(28)30-16-18-34(24)26(32-23)21-8-7-17-33(21)22(35)4-2/h3-6,9-14,16,18,21H,2,7-8,15,17H2,1H3,(H2,28,30)(H,31,36)/b5-3-,13-6-,29-14?/t21-/m0/s1. The van der Waals surface area contributed by atoms with E-state index < -0.39 is 0 Å². The number of nitrogens with zero attached hydrogens (tertiary/aromatic N) is 5. The number of allylic oxidation sites excluding steroid dienone is 3. The summed E-state index contributed by atoms with van der Waals surface area (Å²) in [7, 11) is 0. The van der Waals surface area contributed by atoms with Gasteiger partial charge in [-0.2, -0.15) is 0 Å². The van der Waals surface area contributed by atoms with E-state index in [0.717, 1.165) is 24.2 Å². The number of anilines is 1. The van der Waals surface area contributed by atoms with Crippen LogP contribution >= 0.6 is 0 Å². The molecule has 1 aliphatic heterocycles. The second-order valence-corrected chi connectivity index (χ2v) is 8.23. The van der Waals surface area contributed by atoms with Crippen molar-refractivity contribution < 1.29 is 9.59 Å². The highest BCUT2D eigenvalue weighted by Crippen LogP contribution is 2.36. The fourth-order valence-corrected chi connectivity index (χ4v) is 4.28. The average molecular weight is 484 g/mol. The van der Waals surface area contributed by atoms with E-state index in [4.69, 9.17) is 10.7 Å². The minimum absolute atomic E-state index is 0.118. The van der Waals surface area contributed by atoms with Gasteiger partial charge in [0.1, 0.15) is 22.9 Å². The Morgan fingerprint density at radius 1 is 1.28 bits per heavy atom. The van der Waals surface area contributed by atoms with E-state index in [1.165, 1.54) is 6.08 Å². The number of aliphatic imine (C=N–C) groups is 1. The van der Waals surface area contributed by atoms with Crippen LogP contribution in [0, 0.1) is 0 Å². The smallest absolute Gasteiger partial charge is 0.251 e. The van der Waals surface area contributed by atoms with Crippen molar-refractivity contribution in [1.82, 2.24) is 24.6 Å². The first kappa shape index (κ1) is 24.6. The van der Waals surface area contributed by atoms with Gasteiger partial charge < -0.3 is 16.0 Å². The largest absolute Gasteiger partial charge is 0.382 e. The maximum atomic E-state index is 12.5. The second-order valence-electron chi connectivity index (χ2n) is 8.23. The number of hydrogen-bond acceptors (Lipinski definition) is 6. The number of nitrogens with two attached hydrogens (primary N) is 1. The van der Waals surface area contributed by atoms with Crippen LogP contribution in [0.2, 0.25) is 0 Å². The van der Waals surface area contributed by atoms with Crippen molar-refractivity contribution in [2.45, 2.75) is 25.8 Å². The maximum absolute atomic E-state index is 12.5. The van der Waals surface area contributed by atoms with E-state index in [2.05, 4.69) is 21.9 Å². The van der Waals surface area contributed by atoms with Crippen molar-refractivity contribution in [2.24, 2.45) is 4.99 Å². The van der Waals surface area contributed by atoms with Crippen LogP contribution in [0.3, 0.4) is 0 Å². The number of fused-ring (bicyclic) bond motifs is 1. The zero-order chi connectivity index (χ0) is 25.5. The molecule has 4 rings (SSSR count). The second kappa shape index (κ2) is 11.3. The van der Waals surface area contributed by atoms with Crippen LogP contribution in [-0.4, -0.2) is 50.4 Å². The number of rotatable bonds is 8. The predicted octanol–water partition coefficient (Wildman–Crippen LogP) is 3.72. The molecule has 1 atom stereocenters. The number of nitrogen functional groups attached to an aromatic ring is 1. The first-order valence-corrected chi connectivity index (χ1v) is 11.8. The molecule has 0 saturated carbocycles. The van der Waals surface area contributed by atoms with E-state index in [0.29, 0.717) is 35.7 Å². The van der Waals surface area contributed by atoms with Gasteiger partial charge in [0.15, 0.2) is 0 Å². The summed E-state index contributed by atoms with van der Waals surface area (Å²) in [4.78, 5) is 40.0. The van der Waals surface area contributed by atoms with E-state index in [-0.39, 0.29) is 17.9 Å². The maximum Gasteiger partial charge on any atom is 0.251 e. The van der Waals surface area contributed by atoms with Gasteiger partial charge in [0, 0.05) is 42.5 Å². The van der Waals surface area contributed by atoms with Gasteiger partial charge in [-0.05, 0) is 44.1 Å². The van der Waals surface area contributed by atoms with Crippen LogP contribution in [0.4, 0.5) is 5.82 Å². The molecule has 0 spiro atoms. The zero-order valence-electron chi connectivity index (χ0n) is 20.2. The molecule has 0 bridgehead atoms. The number of amides is 2. The fraction of sp³-hybridized carbons (Fsp3) is 0.222. The van der Waals surface area contributed by atoms with Gasteiger partial charge in [0.25, 0.3) is 5.91 Å². The fourth-order valence-electron chi connectivity index (χ4n) is 4.28. The summed E-state index contributed by atoms with van der Waals surface area (Å²) in [6.45, 7) is 6.53. The van der Waals surface area contributed by atoms with Crippen LogP contribution < -0.4 is 11.1 Å². The number of likely N-dealkylation sites (tertiary alicyclic amines) is 1. The number of aromatic nitrogens is 3. The molecular formula is C27H29N7O2. The Balaban J connectivity index is 1.58. The van der Waals surface area contributed by atoms with Gasteiger partial charge in [0.05, 0.1) is 12.6 Å². The minimum Gasteiger partial charge on any atom is -0.382 e. The summed E-state index contributed by atoms with van der Waals surface area (Å²) in [5, 5.41) is 2.81. The predicted molar refractivity (Wildman–Crippen MR) is 141 cm³/mol. The number of carbonyl (C=O) groups excluding carboxylic acids is 2. The summed E-state index contributed by atoms with van der Waals surface area (Å²) in [6, 6.07) is 6.98. The Kier molecular flexibility index (Phi) is 7.69. The van der Waals surface area contributed by atoms with Crippen molar-refractivity contribution in [2.75, 3.05) is 18.8 Å². The zero-order valence-corrected chi connectivity index (χ0v) is 20.2. The Bertz CT molecular complexity index is 1350. The molecule has 1 saturated heterocycles. The van der Waals surface area contributed by atoms with Gasteiger partial charge in [-0.15, -0.1) is 0 Å². The van der Waals surface area contributed by atoms with Gasteiger partial charge in [-0.1, -0.05) is 30.9 Å². The van der Waals surface area contributed by atoms with Crippen molar-refractivity contribution in [3.63, 3.8) is 0 Å². The number of benzene rings is 1. The first-order valence-electron chi connectivity index (χ1n) is 11.8. The molecule has 9 heteroatoms. The molecule has 3 heterocycles. The number of hydrogen-bond donors (Lipinski definition) is 2. The Morgan fingerprint density at radius 2 is 2.08 bits per heavy atom. The molecule has 0 aliphatic carbocycles. The highest BCUT2D eigenvalue weighted by Gasteiger charge is 2.33. The summed E-state index contributed by atoms with van der Waals surface area (Å²) < 4.78 is 1.90. The molecule has 2 aromatic heterocycles. The number of imidazole rings is 1. The molecule has 184 valence electrons. The lowest BCUT2D eigenvalue weighted by Gasteiger charge is -2.22.